The number of halogens is 3. The minimum atomic E-state index is -4.64. The summed E-state index contributed by atoms with van der Waals surface area (Å²) in [6, 6.07) is 9.88. The monoisotopic (exact) mass is 485 g/mol. The second-order valence-corrected chi connectivity index (χ2v) is 8.96. The Morgan fingerprint density at radius 1 is 0.909 bits per heavy atom. The molecule has 0 heterocycles. The van der Waals surface area contributed by atoms with Crippen molar-refractivity contribution in [2.75, 3.05) is 31.5 Å². The van der Waals surface area contributed by atoms with E-state index in [2.05, 4.69) is 5.32 Å². The molecule has 0 bridgehead atoms. The Morgan fingerprint density at radius 3 is 2.00 bits per heavy atom. The molecule has 0 aliphatic heterocycles. The highest BCUT2D eigenvalue weighted by Crippen LogP contribution is 2.34. The highest BCUT2D eigenvalue weighted by atomic mass is 32.2. The summed E-state index contributed by atoms with van der Waals surface area (Å²) in [5.74, 6) is -1.34. The van der Waals surface area contributed by atoms with Crippen LogP contribution in [-0.2, 0) is 21.0 Å². The lowest BCUT2D eigenvalue weighted by atomic mass is 10.1. The molecule has 1 N–H and O–H groups in total. The molecule has 2 aromatic rings. The number of amides is 2. The molecule has 0 fully saturated rings. The lowest BCUT2D eigenvalue weighted by Crippen LogP contribution is -2.38. The summed E-state index contributed by atoms with van der Waals surface area (Å²) in [6.45, 7) is 5.31. The standard InChI is InChI=1S/C22H26F3N3O4S/c1-4-27(15-20(29)26-19-10-8-7-9-18(19)22(23,24)25)21(30)16-11-13-17(14-12-16)33(31,32)28(5-2)6-3/h7-14H,4-6,15H2,1-3H3,(H,26,29). The van der Waals surface area contributed by atoms with Crippen LogP contribution in [0.2, 0.25) is 0 Å². The summed E-state index contributed by atoms with van der Waals surface area (Å²) in [5, 5.41) is 2.20. The zero-order valence-electron chi connectivity index (χ0n) is 18.5. The Morgan fingerprint density at radius 2 is 1.48 bits per heavy atom. The van der Waals surface area contributed by atoms with Gasteiger partial charge < -0.3 is 10.2 Å². The van der Waals surface area contributed by atoms with Crippen molar-refractivity contribution in [2.45, 2.75) is 31.8 Å². The van der Waals surface area contributed by atoms with E-state index >= 15 is 0 Å². The second-order valence-electron chi connectivity index (χ2n) is 7.02. The average molecular weight is 486 g/mol. The van der Waals surface area contributed by atoms with E-state index in [1.54, 1.807) is 20.8 Å². The summed E-state index contributed by atoms with van der Waals surface area (Å²) in [4.78, 5) is 26.4. The van der Waals surface area contributed by atoms with E-state index in [0.717, 1.165) is 17.0 Å². The Balaban J connectivity index is 2.15. The predicted molar refractivity (Wildman–Crippen MR) is 118 cm³/mol. The predicted octanol–water partition coefficient (Wildman–Crippen LogP) is 3.84. The van der Waals surface area contributed by atoms with Crippen LogP contribution < -0.4 is 5.32 Å². The molecule has 2 amide bonds. The summed E-state index contributed by atoms with van der Waals surface area (Å²) in [5.41, 5.74) is -1.24. The molecule has 33 heavy (non-hydrogen) atoms. The van der Waals surface area contributed by atoms with Gasteiger partial charge in [-0.25, -0.2) is 8.42 Å². The number of carbonyl (C=O) groups excluding carboxylic acids is 2. The quantitative estimate of drug-likeness (QED) is 0.585. The molecule has 2 aromatic carbocycles. The highest BCUT2D eigenvalue weighted by molar-refractivity contribution is 7.89. The van der Waals surface area contributed by atoms with Crippen molar-refractivity contribution in [3.8, 4) is 0 Å². The summed E-state index contributed by atoms with van der Waals surface area (Å²) < 4.78 is 65.8. The molecule has 2 rings (SSSR count). The Bertz CT molecular complexity index is 1080. The van der Waals surface area contributed by atoms with Crippen molar-refractivity contribution in [1.29, 1.82) is 0 Å². The zero-order chi connectivity index (χ0) is 24.8. The van der Waals surface area contributed by atoms with Gasteiger partial charge in [0.15, 0.2) is 0 Å². The first kappa shape index (κ1) is 26.3. The van der Waals surface area contributed by atoms with Gasteiger partial charge >= 0.3 is 6.18 Å². The maximum absolute atomic E-state index is 13.1. The van der Waals surface area contributed by atoms with Crippen molar-refractivity contribution < 1.29 is 31.2 Å². The van der Waals surface area contributed by atoms with Gasteiger partial charge in [0.2, 0.25) is 15.9 Å². The van der Waals surface area contributed by atoms with E-state index < -0.39 is 45.8 Å². The molecule has 0 saturated carbocycles. The first-order valence-corrected chi connectivity index (χ1v) is 11.7. The molecule has 0 saturated heterocycles. The van der Waals surface area contributed by atoms with Gasteiger partial charge in [0.1, 0.15) is 6.54 Å². The first-order valence-electron chi connectivity index (χ1n) is 10.3. The molecule has 7 nitrogen and oxygen atoms in total. The molecule has 0 spiro atoms. The van der Waals surface area contributed by atoms with Crippen LogP contribution in [0.1, 0.15) is 36.7 Å². The topological polar surface area (TPSA) is 86.8 Å². The van der Waals surface area contributed by atoms with E-state index in [0.29, 0.717) is 13.1 Å². The third-order valence-corrected chi connectivity index (χ3v) is 7.02. The van der Waals surface area contributed by atoms with Gasteiger partial charge in [0.05, 0.1) is 16.1 Å². The Hall–Kier alpha value is -2.92. The number of anilines is 1. The fraction of sp³-hybridized carbons (Fsp3) is 0.364. The van der Waals surface area contributed by atoms with Gasteiger partial charge in [-0.3, -0.25) is 9.59 Å². The number of likely N-dealkylation sites (N-methyl/N-ethyl adjacent to an activating group) is 1. The lowest BCUT2D eigenvalue weighted by molar-refractivity contribution is -0.137. The number of carbonyl (C=O) groups is 2. The number of nitrogens with zero attached hydrogens (tertiary/aromatic N) is 2. The number of alkyl halides is 3. The largest absolute Gasteiger partial charge is 0.418 e. The van der Waals surface area contributed by atoms with Crippen LogP contribution in [0, 0.1) is 0 Å². The first-order chi connectivity index (χ1) is 15.4. The van der Waals surface area contributed by atoms with Crippen LogP contribution in [0.3, 0.4) is 0 Å². The van der Waals surface area contributed by atoms with Crippen LogP contribution in [0.5, 0.6) is 0 Å². The third kappa shape index (κ3) is 6.32. The van der Waals surface area contributed by atoms with E-state index in [4.69, 9.17) is 0 Å². The number of para-hydroxylation sites is 1. The Labute approximate surface area is 191 Å². The Kier molecular flexibility index (Phi) is 8.62. The van der Waals surface area contributed by atoms with Crippen LogP contribution in [0.15, 0.2) is 53.4 Å². The number of rotatable bonds is 9. The van der Waals surface area contributed by atoms with E-state index in [-0.39, 0.29) is 17.0 Å². The lowest BCUT2D eigenvalue weighted by Gasteiger charge is -2.22. The maximum atomic E-state index is 13.1. The van der Waals surface area contributed by atoms with Gasteiger partial charge in [-0.2, -0.15) is 17.5 Å². The summed E-state index contributed by atoms with van der Waals surface area (Å²) in [6.07, 6.45) is -4.64. The van der Waals surface area contributed by atoms with Gasteiger partial charge in [-0.05, 0) is 43.3 Å². The summed E-state index contributed by atoms with van der Waals surface area (Å²) in [7, 11) is -3.69. The smallest absolute Gasteiger partial charge is 0.330 e. The van der Waals surface area contributed by atoms with Gasteiger partial charge in [0.25, 0.3) is 5.91 Å². The molecule has 11 heteroatoms. The SMILES string of the molecule is CCN(CC(=O)Nc1ccccc1C(F)(F)F)C(=O)c1ccc(S(=O)(=O)N(CC)CC)cc1. The molecule has 0 atom stereocenters. The second kappa shape index (κ2) is 10.8. The van der Waals surface area contributed by atoms with E-state index in [9.17, 15) is 31.2 Å². The molecule has 0 aliphatic carbocycles. The van der Waals surface area contributed by atoms with Crippen LogP contribution in [0.25, 0.3) is 0 Å². The molecule has 0 aromatic heterocycles. The number of nitrogens with one attached hydrogen (secondary N) is 1. The third-order valence-electron chi connectivity index (χ3n) is 4.95. The van der Waals surface area contributed by atoms with Crippen molar-refractivity contribution in [3.05, 3.63) is 59.7 Å². The van der Waals surface area contributed by atoms with Crippen LogP contribution in [0.4, 0.5) is 18.9 Å². The van der Waals surface area contributed by atoms with Crippen molar-refractivity contribution >= 4 is 27.5 Å². The fourth-order valence-corrected chi connectivity index (χ4v) is 4.65. The average Bonchev–Trinajstić information content (AvgIpc) is 2.77. The van der Waals surface area contributed by atoms with Gasteiger partial charge in [-0.1, -0.05) is 26.0 Å². The minimum Gasteiger partial charge on any atom is -0.330 e. The molecular weight excluding hydrogens is 459 g/mol. The van der Waals surface area contributed by atoms with E-state index in [1.165, 1.54) is 40.7 Å². The van der Waals surface area contributed by atoms with Crippen molar-refractivity contribution in [2.24, 2.45) is 0 Å². The number of sulfonamides is 1. The molecular formula is C22H26F3N3O4S. The fourth-order valence-electron chi connectivity index (χ4n) is 3.19. The maximum Gasteiger partial charge on any atom is 0.418 e. The van der Waals surface area contributed by atoms with Gasteiger partial charge in [0, 0.05) is 25.2 Å². The van der Waals surface area contributed by atoms with Crippen LogP contribution in [-0.4, -0.2) is 55.6 Å². The summed E-state index contributed by atoms with van der Waals surface area (Å²) >= 11 is 0. The highest BCUT2D eigenvalue weighted by Gasteiger charge is 2.33. The zero-order valence-corrected chi connectivity index (χ0v) is 19.3. The van der Waals surface area contributed by atoms with Crippen molar-refractivity contribution in [1.82, 2.24) is 9.21 Å². The minimum absolute atomic E-state index is 0.0345. The van der Waals surface area contributed by atoms with Crippen molar-refractivity contribution in [3.63, 3.8) is 0 Å². The normalized spacial score (nSPS) is 12.0. The molecule has 0 unspecified atom stereocenters. The molecule has 180 valence electrons. The van der Waals surface area contributed by atoms with E-state index in [1.807, 2.05) is 0 Å². The molecule has 0 aliphatic rings. The molecule has 0 radical (unpaired) electrons. The number of benzene rings is 2. The van der Waals surface area contributed by atoms with Gasteiger partial charge in [-0.15, -0.1) is 0 Å². The van der Waals surface area contributed by atoms with Crippen LogP contribution >= 0.6 is 0 Å². The number of hydrogen-bond acceptors (Lipinski definition) is 4. The number of hydrogen-bond donors (Lipinski definition) is 1.